The summed E-state index contributed by atoms with van der Waals surface area (Å²) in [7, 11) is 0. The lowest BCUT2D eigenvalue weighted by molar-refractivity contribution is -0.116. The van der Waals surface area contributed by atoms with Crippen LogP contribution in [-0.2, 0) is 4.79 Å². The molecule has 0 aromatic carbocycles. The number of H-pyrrole nitrogens is 1. The first-order chi connectivity index (χ1) is 10.6. The number of halogens is 1. The van der Waals surface area contributed by atoms with E-state index in [4.69, 9.17) is 5.73 Å². The molecule has 0 bridgehead atoms. The molecule has 0 unspecified atom stereocenters. The van der Waals surface area contributed by atoms with E-state index in [9.17, 15) is 4.79 Å². The van der Waals surface area contributed by atoms with Gasteiger partial charge in [-0.2, -0.15) is 0 Å². The van der Waals surface area contributed by atoms with Crippen LogP contribution in [0.4, 0.5) is 5.69 Å². The number of fused-ring (bicyclic) bond motifs is 1. The van der Waals surface area contributed by atoms with Gasteiger partial charge in [-0.3, -0.25) is 4.79 Å². The van der Waals surface area contributed by atoms with E-state index in [0.29, 0.717) is 11.4 Å². The molecule has 124 valence electrons. The van der Waals surface area contributed by atoms with Crippen molar-refractivity contribution in [3.63, 3.8) is 0 Å². The van der Waals surface area contributed by atoms with Gasteiger partial charge in [0.25, 0.3) is 5.91 Å². The molecule has 0 radical (unpaired) electrons. The topological polar surface area (TPSA) is 87.0 Å². The first-order valence-electron chi connectivity index (χ1n) is 7.22. The van der Waals surface area contributed by atoms with Crippen LogP contribution in [0.5, 0.6) is 0 Å². The number of nitrogens with two attached hydrogens (primary N) is 1. The molecule has 0 spiro atoms. The van der Waals surface area contributed by atoms with Gasteiger partial charge in [-0.25, -0.2) is 4.98 Å². The largest absolute Gasteiger partial charge is 0.350 e. The second kappa shape index (κ2) is 7.72. The highest BCUT2D eigenvalue weighted by Crippen LogP contribution is 2.30. The average molecular weight is 354 g/mol. The Morgan fingerprint density at radius 2 is 2.39 bits per heavy atom. The first-order valence-corrected chi connectivity index (χ1v) is 8.21. The predicted octanol–water partition coefficient (Wildman–Crippen LogP) is 1.84. The molecular formula is C15H20ClN5OS. The van der Waals surface area contributed by atoms with Gasteiger partial charge in [0, 0.05) is 48.9 Å². The van der Waals surface area contributed by atoms with Crippen LogP contribution in [-0.4, -0.2) is 40.8 Å². The van der Waals surface area contributed by atoms with Crippen molar-refractivity contribution >= 4 is 46.8 Å². The fraction of sp³-hybridized carbons (Fsp3) is 0.333. The summed E-state index contributed by atoms with van der Waals surface area (Å²) in [6.07, 6.45) is 5.56. The molecule has 0 saturated carbocycles. The smallest absolute Gasteiger partial charge is 0.259 e. The van der Waals surface area contributed by atoms with Crippen LogP contribution in [0.3, 0.4) is 0 Å². The number of hydrogen-bond acceptors (Lipinski definition) is 5. The Balaban J connectivity index is 0.00000192. The van der Waals surface area contributed by atoms with Gasteiger partial charge in [0.1, 0.15) is 5.65 Å². The number of pyridine rings is 1. The van der Waals surface area contributed by atoms with E-state index in [1.807, 2.05) is 31.5 Å². The number of aromatic nitrogens is 2. The van der Waals surface area contributed by atoms with Gasteiger partial charge in [-0.15, -0.1) is 24.2 Å². The molecule has 1 aliphatic rings. The third-order valence-corrected chi connectivity index (χ3v) is 4.41. The molecule has 0 aliphatic carbocycles. The molecule has 0 fully saturated rings. The Hall–Kier alpha value is -1.70. The Bertz CT molecular complexity index is 715. The normalized spacial score (nSPS) is 15.7. The summed E-state index contributed by atoms with van der Waals surface area (Å²) < 4.78 is 0. The SMILES string of the molecule is C[C@H](N)CNC(=O)C1=CN(c2ccnc3[nH]ccc23)CCS1.Cl. The summed E-state index contributed by atoms with van der Waals surface area (Å²) >= 11 is 1.57. The Morgan fingerprint density at radius 1 is 1.57 bits per heavy atom. The quantitative estimate of drug-likeness (QED) is 0.780. The summed E-state index contributed by atoms with van der Waals surface area (Å²) in [5.41, 5.74) is 7.59. The minimum atomic E-state index is -0.0635. The molecule has 1 amide bonds. The maximum Gasteiger partial charge on any atom is 0.259 e. The van der Waals surface area contributed by atoms with E-state index in [1.54, 1.807) is 18.0 Å². The molecule has 2 aromatic heterocycles. The van der Waals surface area contributed by atoms with E-state index in [-0.39, 0.29) is 24.4 Å². The molecule has 8 heteroatoms. The molecule has 3 rings (SSSR count). The monoisotopic (exact) mass is 353 g/mol. The van der Waals surface area contributed by atoms with Gasteiger partial charge in [-0.05, 0) is 19.1 Å². The Labute approximate surface area is 145 Å². The Kier molecular flexibility index (Phi) is 5.92. The number of thioether (sulfide) groups is 1. The molecule has 2 aromatic rings. The van der Waals surface area contributed by atoms with E-state index >= 15 is 0 Å². The highest BCUT2D eigenvalue weighted by Gasteiger charge is 2.19. The third kappa shape index (κ3) is 3.99. The van der Waals surface area contributed by atoms with Crippen LogP contribution in [0.2, 0.25) is 0 Å². The zero-order chi connectivity index (χ0) is 15.5. The minimum Gasteiger partial charge on any atom is -0.350 e. The molecule has 23 heavy (non-hydrogen) atoms. The number of amides is 1. The first kappa shape index (κ1) is 17.7. The fourth-order valence-corrected chi connectivity index (χ4v) is 3.26. The molecule has 0 saturated heterocycles. The maximum absolute atomic E-state index is 12.2. The van der Waals surface area contributed by atoms with Crippen molar-refractivity contribution in [2.75, 3.05) is 23.7 Å². The highest BCUT2D eigenvalue weighted by molar-refractivity contribution is 8.04. The number of hydrogen-bond donors (Lipinski definition) is 3. The van der Waals surface area contributed by atoms with Crippen molar-refractivity contribution in [3.8, 4) is 0 Å². The number of carbonyl (C=O) groups is 1. The van der Waals surface area contributed by atoms with Gasteiger partial charge in [-0.1, -0.05) is 0 Å². The lowest BCUT2D eigenvalue weighted by Crippen LogP contribution is -2.37. The number of nitrogens with one attached hydrogen (secondary N) is 2. The Morgan fingerprint density at radius 3 is 3.17 bits per heavy atom. The van der Waals surface area contributed by atoms with Crippen LogP contribution < -0.4 is 16.0 Å². The maximum atomic E-state index is 12.2. The standard InChI is InChI=1S/C15H19N5OS.ClH/c1-10(16)8-19-15(21)13-9-20(6-7-22-13)12-3-5-18-14-11(12)2-4-17-14;/h2-5,9-10H,6-8,16H2,1H3,(H,17,18)(H,19,21);1H/t10-;/m0./s1. The van der Waals surface area contributed by atoms with Crippen LogP contribution >= 0.6 is 24.2 Å². The number of carbonyl (C=O) groups excluding carboxylic acids is 1. The van der Waals surface area contributed by atoms with Crippen molar-refractivity contribution in [2.45, 2.75) is 13.0 Å². The van der Waals surface area contributed by atoms with Gasteiger partial charge >= 0.3 is 0 Å². The summed E-state index contributed by atoms with van der Waals surface area (Å²) in [5.74, 6) is 0.803. The molecule has 3 heterocycles. The second-order valence-corrected chi connectivity index (χ2v) is 6.43. The fourth-order valence-electron chi connectivity index (χ4n) is 2.35. The molecule has 1 aliphatic heterocycles. The lowest BCUT2D eigenvalue weighted by Gasteiger charge is -2.26. The zero-order valence-corrected chi connectivity index (χ0v) is 14.4. The average Bonchev–Trinajstić information content (AvgIpc) is 3.01. The van der Waals surface area contributed by atoms with Crippen LogP contribution in [0, 0.1) is 0 Å². The number of nitrogens with zero attached hydrogens (tertiary/aromatic N) is 2. The highest BCUT2D eigenvalue weighted by atomic mass is 35.5. The lowest BCUT2D eigenvalue weighted by atomic mass is 10.2. The number of anilines is 1. The molecular weight excluding hydrogens is 334 g/mol. The third-order valence-electron chi connectivity index (χ3n) is 3.42. The van der Waals surface area contributed by atoms with E-state index < -0.39 is 0 Å². The summed E-state index contributed by atoms with van der Waals surface area (Å²) in [6.45, 7) is 3.21. The van der Waals surface area contributed by atoms with Gasteiger partial charge in [0.2, 0.25) is 0 Å². The molecule has 6 nitrogen and oxygen atoms in total. The summed E-state index contributed by atoms with van der Waals surface area (Å²) in [4.78, 5) is 22.4. The molecule has 1 atom stereocenters. The predicted molar refractivity (Wildman–Crippen MR) is 97.9 cm³/mol. The van der Waals surface area contributed by atoms with Gasteiger partial charge < -0.3 is 20.9 Å². The van der Waals surface area contributed by atoms with Crippen molar-refractivity contribution < 1.29 is 4.79 Å². The van der Waals surface area contributed by atoms with Gasteiger partial charge in [0.15, 0.2) is 0 Å². The van der Waals surface area contributed by atoms with Crippen LogP contribution in [0.1, 0.15) is 6.92 Å². The van der Waals surface area contributed by atoms with E-state index in [2.05, 4.69) is 20.2 Å². The van der Waals surface area contributed by atoms with Crippen molar-refractivity contribution in [1.29, 1.82) is 0 Å². The van der Waals surface area contributed by atoms with Crippen molar-refractivity contribution in [1.82, 2.24) is 15.3 Å². The van der Waals surface area contributed by atoms with Crippen LogP contribution in [0.15, 0.2) is 35.6 Å². The molecule has 4 N–H and O–H groups in total. The summed E-state index contributed by atoms with van der Waals surface area (Å²) in [5, 5.41) is 3.91. The van der Waals surface area contributed by atoms with Crippen LogP contribution in [0.25, 0.3) is 11.0 Å². The number of rotatable bonds is 4. The van der Waals surface area contributed by atoms with Gasteiger partial charge in [0.05, 0.1) is 10.6 Å². The van der Waals surface area contributed by atoms with E-state index in [0.717, 1.165) is 29.0 Å². The van der Waals surface area contributed by atoms with E-state index in [1.165, 1.54) is 0 Å². The summed E-state index contributed by atoms with van der Waals surface area (Å²) in [6, 6.07) is 3.93. The minimum absolute atomic E-state index is 0. The second-order valence-electron chi connectivity index (χ2n) is 5.29. The number of aromatic amines is 1. The zero-order valence-electron chi connectivity index (χ0n) is 12.8. The van der Waals surface area contributed by atoms with Crippen molar-refractivity contribution in [3.05, 3.63) is 35.6 Å². The van der Waals surface area contributed by atoms with Crippen molar-refractivity contribution in [2.24, 2.45) is 5.73 Å².